The Bertz CT molecular complexity index is 459. The Morgan fingerprint density at radius 2 is 1.69 bits per heavy atom. The van der Waals surface area contributed by atoms with Gasteiger partial charge in [-0.3, -0.25) is 4.79 Å². The van der Waals surface area contributed by atoms with Crippen molar-refractivity contribution in [3.05, 3.63) is 0 Å². The van der Waals surface area contributed by atoms with Crippen LogP contribution < -0.4 is 10.6 Å². The summed E-state index contributed by atoms with van der Waals surface area (Å²) >= 11 is 1.63. The Morgan fingerprint density at radius 3 is 2.15 bits per heavy atom. The molecular weight excluding hydrogens is 368 g/mol. The number of ether oxygens (including phenoxy) is 1. The lowest BCUT2D eigenvalue weighted by Gasteiger charge is -2.36. The Labute approximate surface area is 164 Å². The number of hydrogen-bond acceptors (Lipinski definition) is 5. The molecule has 1 atom stereocenters. The first-order valence-corrected chi connectivity index (χ1v) is 13.4. The first-order chi connectivity index (χ1) is 11.7. The Morgan fingerprint density at radius 1 is 1.12 bits per heavy atom. The van der Waals surface area contributed by atoms with Gasteiger partial charge < -0.3 is 19.8 Å². The van der Waals surface area contributed by atoms with Crippen molar-refractivity contribution in [3.8, 4) is 0 Å². The molecule has 6 nitrogen and oxygen atoms in total. The molecular formula is C18H38N2O4SSi. The lowest BCUT2D eigenvalue weighted by Crippen LogP contribution is -2.49. The predicted octanol–water partition coefficient (Wildman–Crippen LogP) is 3.77. The van der Waals surface area contributed by atoms with Crippen molar-refractivity contribution < 1.29 is 18.8 Å². The quantitative estimate of drug-likeness (QED) is 0.450. The molecule has 0 spiro atoms. The summed E-state index contributed by atoms with van der Waals surface area (Å²) in [6.45, 7) is 17.2. The zero-order valence-electron chi connectivity index (χ0n) is 17.9. The van der Waals surface area contributed by atoms with E-state index in [0.29, 0.717) is 19.6 Å². The zero-order valence-corrected chi connectivity index (χ0v) is 19.8. The lowest BCUT2D eigenvalue weighted by atomic mass is 10.2. The van der Waals surface area contributed by atoms with Crippen LogP contribution in [0.15, 0.2) is 0 Å². The number of amides is 2. The second kappa shape index (κ2) is 10.6. The van der Waals surface area contributed by atoms with Gasteiger partial charge in [0.1, 0.15) is 11.6 Å². The Hall–Kier alpha value is -0.733. The van der Waals surface area contributed by atoms with Gasteiger partial charge in [-0.25, -0.2) is 4.79 Å². The van der Waals surface area contributed by atoms with Crippen molar-refractivity contribution in [2.75, 3.05) is 25.2 Å². The molecule has 0 rings (SSSR count). The first kappa shape index (κ1) is 25.3. The van der Waals surface area contributed by atoms with Crippen molar-refractivity contribution >= 4 is 32.1 Å². The normalized spacial score (nSPS) is 13.9. The summed E-state index contributed by atoms with van der Waals surface area (Å²) in [5, 5.41) is 5.67. The molecule has 26 heavy (non-hydrogen) atoms. The topological polar surface area (TPSA) is 76.7 Å². The number of alkyl carbamates (subject to hydrolysis) is 1. The number of thioether (sulfide) groups is 1. The molecule has 0 aliphatic carbocycles. The van der Waals surface area contributed by atoms with Gasteiger partial charge in [-0.05, 0) is 57.3 Å². The van der Waals surface area contributed by atoms with E-state index in [4.69, 9.17) is 9.16 Å². The molecule has 0 aliphatic heterocycles. The maximum atomic E-state index is 12.4. The van der Waals surface area contributed by atoms with E-state index >= 15 is 0 Å². The van der Waals surface area contributed by atoms with Gasteiger partial charge in [0.25, 0.3) is 0 Å². The number of carbonyl (C=O) groups is 2. The molecule has 8 heteroatoms. The van der Waals surface area contributed by atoms with Gasteiger partial charge in [0.2, 0.25) is 5.91 Å². The summed E-state index contributed by atoms with van der Waals surface area (Å²) in [7, 11) is -1.82. The fourth-order valence-electron chi connectivity index (χ4n) is 1.77. The summed E-state index contributed by atoms with van der Waals surface area (Å²) < 4.78 is 11.3. The van der Waals surface area contributed by atoms with Crippen molar-refractivity contribution in [2.24, 2.45) is 0 Å². The smallest absolute Gasteiger partial charge is 0.408 e. The van der Waals surface area contributed by atoms with Crippen LogP contribution in [0.25, 0.3) is 0 Å². The third-order valence-electron chi connectivity index (χ3n) is 4.29. The summed E-state index contributed by atoms with van der Waals surface area (Å²) in [5.74, 6) is 0.567. The van der Waals surface area contributed by atoms with E-state index in [1.807, 2.05) is 6.26 Å². The minimum atomic E-state index is -1.82. The first-order valence-electron chi connectivity index (χ1n) is 9.10. The minimum Gasteiger partial charge on any atom is -0.444 e. The van der Waals surface area contributed by atoms with Gasteiger partial charge in [0, 0.05) is 6.54 Å². The number of rotatable bonds is 9. The molecule has 0 radical (unpaired) electrons. The molecule has 0 aromatic rings. The average molecular weight is 407 g/mol. The molecule has 0 fully saturated rings. The molecule has 0 bridgehead atoms. The second-order valence-electron chi connectivity index (χ2n) is 8.88. The van der Waals surface area contributed by atoms with E-state index in [9.17, 15) is 9.59 Å². The molecule has 154 valence electrons. The van der Waals surface area contributed by atoms with Crippen molar-refractivity contribution in [2.45, 2.75) is 77.7 Å². The summed E-state index contributed by atoms with van der Waals surface area (Å²) in [6.07, 6.45) is 1.95. The highest BCUT2D eigenvalue weighted by atomic mass is 32.2. The van der Waals surface area contributed by atoms with E-state index in [2.05, 4.69) is 44.5 Å². The maximum absolute atomic E-state index is 12.4. The van der Waals surface area contributed by atoms with Crippen LogP contribution in [0.2, 0.25) is 18.1 Å². The minimum absolute atomic E-state index is 0.135. The lowest BCUT2D eigenvalue weighted by molar-refractivity contribution is -0.123. The van der Waals surface area contributed by atoms with Crippen LogP contribution in [0.3, 0.4) is 0 Å². The monoisotopic (exact) mass is 406 g/mol. The Balaban J connectivity index is 4.54. The zero-order chi connectivity index (χ0) is 20.6. The maximum Gasteiger partial charge on any atom is 0.408 e. The molecule has 0 saturated heterocycles. The SMILES string of the molecule is CSCCC(NC(=O)OC(C)(C)C)C(=O)NCCO[Si](C)(C)C(C)(C)C. The highest BCUT2D eigenvalue weighted by Gasteiger charge is 2.36. The average Bonchev–Trinajstić information content (AvgIpc) is 2.44. The second-order valence-corrected chi connectivity index (χ2v) is 14.7. The third kappa shape index (κ3) is 10.4. The van der Waals surface area contributed by atoms with Gasteiger partial charge in [-0.2, -0.15) is 11.8 Å². The third-order valence-corrected chi connectivity index (χ3v) is 9.47. The highest BCUT2D eigenvalue weighted by molar-refractivity contribution is 7.98. The van der Waals surface area contributed by atoms with E-state index in [1.54, 1.807) is 32.5 Å². The number of carbonyl (C=O) groups excluding carboxylic acids is 2. The number of hydrogen-bond donors (Lipinski definition) is 2. The van der Waals surface area contributed by atoms with Crippen LogP contribution in [0.5, 0.6) is 0 Å². The van der Waals surface area contributed by atoms with Crippen LogP contribution in [0.4, 0.5) is 4.79 Å². The van der Waals surface area contributed by atoms with Crippen LogP contribution in [0.1, 0.15) is 48.0 Å². The largest absolute Gasteiger partial charge is 0.444 e. The van der Waals surface area contributed by atoms with Gasteiger partial charge in [0.05, 0.1) is 6.61 Å². The Kier molecular flexibility index (Phi) is 10.3. The highest BCUT2D eigenvalue weighted by Crippen LogP contribution is 2.36. The molecule has 0 aromatic heterocycles. The molecule has 1 unspecified atom stereocenters. The van der Waals surface area contributed by atoms with E-state index in [-0.39, 0.29) is 10.9 Å². The molecule has 0 aromatic carbocycles. The van der Waals surface area contributed by atoms with Gasteiger partial charge >= 0.3 is 6.09 Å². The number of nitrogens with one attached hydrogen (secondary N) is 2. The van der Waals surface area contributed by atoms with Gasteiger partial charge in [-0.15, -0.1) is 0 Å². The fraction of sp³-hybridized carbons (Fsp3) is 0.889. The predicted molar refractivity (Wildman–Crippen MR) is 112 cm³/mol. The summed E-state index contributed by atoms with van der Waals surface area (Å²) in [5.41, 5.74) is -0.596. The van der Waals surface area contributed by atoms with Crippen molar-refractivity contribution in [3.63, 3.8) is 0 Å². The fourth-order valence-corrected chi connectivity index (χ4v) is 3.29. The van der Waals surface area contributed by atoms with Crippen molar-refractivity contribution in [1.29, 1.82) is 0 Å². The van der Waals surface area contributed by atoms with Gasteiger partial charge in [-0.1, -0.05) is 20.8 Å². The molecule has 0 saturated carbocycles. The van der Waals surface area contributed by atoms with E-state index in [1.165, 1.54) is 0 Å². The molecule has 0 heterocycles. The van der Waals surface area contributed by atoms with Crippen molar-refractivity contribution in [1.82, 2.24) is 10.6 Å². The van der Waals surface area contributed by atoms with E-state index in [0.717, 1.165) is 5.75 Å². The van der Waals surface area contributed by atoms with Crippen LogP contribution in [-0.4, -0.2) is 57.1 Å². The summed E-state index contributed by atoms with van der Waals surface area (Å²) in [4.78, 5) is 24.4. The van der Waals surface area contributed by atoms with Crippen LogP contribution in [-0.2, 0) is 14.0 Å². The molecule has 2 N–H and O–H groups in total. The summed E-state index contributed by atoms with van der Waals surface area (Å²) in [6, 6.07) is -0.606. The molecule has 0 aliphatic rings. The van der Waals surface area contributed by atoms with Gasteiger partial charge in [0.15, 0.2) is 8.32 Å². The standard InChI is InChI=1S/C18H38N2O4SSi/c1-17(2,3)24-16(22)20-14(10-13-25-7)15(21)19-11-12-23-26(8,9)18(4,5)6/h14H,10-13H2,1-9H3,(H,19,21)(H,20,22). The van der Waals surface area contributed by atoms with E-state index < -0.39 is 26.1 Å². The molecule has 2 amide bonds. The van der Waals surface area contributed by atoms with Crippen LogP contribution >= 0.6 is 11.8 Å². The van der Waals surface area contributed by atoms with Crippen LogP contribution in [0, 0.1) is 0 Å².